The fourth-order valence-corrected chi connectivity index (χ4v) is 2.09. The predicted octanol–water partition coefficient (Wildman–Crippen LogP) is 3.53. The zero-order valence-electron chi connectivity index (χ0n) is 13.2. The van der Waals surface area contributed by atoms with Gasteiger partial charge < -0.3 is 10.6 Å². The molecule has 0 heterocycles. The number of hydrogen-bond donors (Lipinski definition) is 2. The molecule has 9 heteroatoms. The van der Waals surface area contributed by atoms with E-state index in [-0.39, 0.29) is 25.3 Å². The van der Waals surface area contributed by atoms with Crippen LogP contribution in [-0.2, 0) is 4.79 Å². The molecule has 0 aromatic heterocycles. The van der Waals surface area contributed by atoms with Crippen molar-refractivity contribution in [1.82, 2.24) is 5.32 Å². The van der Waals surface area contributed by atoms with Gasteiger partial charge in [0.05, 0.1) is 0 Å². The fourth-order valence-electron chi connectivity index (χ4n) is 2.09. The second-order valence-electron chi connectivity index (χ2n) is 5.22. The molecule has 0 saturated heterocycles. The average molecular weight is 372 g/mol. The van der Waals surface area contributed by atoms with Crippen LogP contribution in [0.1, 0.15) is 23.2 Å². The van der Waals surface area contributed by atoms with Gasteiger partial charge in [0.1, 0.15) is 5.56 Å². The number of benzene rings is 2. The Morgan fingerprint density at radius 2 is 1.35 bits per heavy atom. The summed E-state index contributed by atoms with van der Waals surface area (Å²) in [6.45, 7) is -0.194. The van der Waals surface area contributed by atoms with Crippen molar-refractivity contribution in [1.29, 1.82) is 0 Å². The van der Waals surface area contributed by atoms with Gasteiger partial charge in [0.25, 0.3) is 5.91 Å². The van der Waals surface area contributed by atoms with Gasteiger partial charge in [0, 0.05) is 18.7 Å². The quantitative estimate of drug-likeness (QED) is 0.353. The lowest BCUT2D eigenvalue weighted by Gasteiger charge is -2.09. The van der Waals surface area contributed by atoms with Crippen molar-refractivity contribution in [3.8, 4) is 0 Å². The van der Waals surface area contributed by atoms with Crippen LogP contribution in [0.4, 0.5) is 27.6 Å². The molecule has 2 amide bonds. The summed E-state index contributed by atoms with van der Waals surface area (Å²) in [6.07, 6.45) is 0.0755. The van der Waals surface area contributed by atoms with Gasteiger partial charge in [-0.05, 0) is 18.6 Å². The van der Waals surface area contributed by atoms with Crippen LogP contribution < -0.4 is 10.6 Å². The van der Waals surface area contributed by atoms with Gasteiger partial charge in [-0.2, -0.15) is 0 Å². The van der Waals surface area contributed by atoms with Crippen LogP contribution in [0.25, 0.3) is 0 Å². The third-order valence-electron chi connectivity index (χ3n) is 3.36. The van der Waals surface area contributed by atoms with E-state index in [4.69, 9.17) is 0 Å². The first kappa shape index (κ1) is 19.4. The Morgan fingerprint density at radius 1 is 0.808 bits per heavy atom. The summed E-state index contributed by atoms with van der Waals surface area (Å²) < 4.78 is 66.0. The maximum absolute atomic E-state index is 13.5. The first-order valence-corrected chi connectivity index (χ1v) is 7.47. The molecule has 0 fully saturated rings. The van der Waals surface area contributed by atoms with E-state index in [0.717, 1.165) is 0 Å². The monoisotopic (exact) mass is 372 g/mol. The Morgan fingerprint density at radius 3 is 1.92 bits per heavy atom. The number of hydrogen-bond acceptors (Lipinski definition) is 2. The highest BCUT2D eigenvalue weighted by Gasteiger charge is 2.29. The van der Waals surface area contributed by atoms with Crippen molar-refractivity contribution >= 4 is 17.5 Å². The van der Waals surface area contributed by atoms with Crippen LogP contribution in [0.2, 0.25) is 0 Å². The van der Waals surface area contributed by atoms with Gasteiger partial charge in [-0.1, -0.05) is 18.2 Å². The van der Waals surface area contributed by atoms with Gasteiger partial charge in [-0.3, -0.25) is 9.59 Å². The Balaban J connectivity index is 1.89. The number of rotatable bonds is 6. The summed E-state index contributed by atoms with van der Waals surface area (Å²) >= 11 is 0. The molecule has 0 atom stereocenters. The first-order chi connectivity index (χ1) is 12.3. The summed E-state index contributed by atoms with van der Waals surface area (Å²) in [5.41, 5.74) is -0.988. The summed E-state index contributed by atoms with van der Waals surface area (Å²) in [5, 5.41) is 4.61. The highest BCUT2D eigenvalue weighted by atomic mass is 19.2. The molecule has 138 valence electrons. The van der Waals surface area contributed by atoms with Crippen LogP contribution >= 0.6 is 0 Å². The van der Waals surface area contributed by atoms with E-state index >= 15 is 0 Å². The molecule has 0 aliphatic rings. The number of para-hydroxylation sites is 1. The molecule has 0 unspecified atom stereocenters. The minimum atomic E-state index is -2.34. The molecule has 0 radical (unpaired) electrons. The summed E-state index contributed by atoms with van der Waals surface area (Å²) in [6, 6.07) is 8.55. The summed E-state index contributed by atoms with van der Waals surface area (Å²) in [7, 11) is 0. The average Bonchev–Trinajstić information content (AvgIpc) is 2.63. The topological polar surface area (TPSA) is 58.2 Å². The van der Waals surface area contributed by atoms with Crippen LogP contribution in [0.15, 0.2) is 30.3 Å². The van der Waals surface area contributed by atoms with Crippen molar-refractivity contribution in [2.24, 2.45) is 0 Å². The maximum Gasteiger partial charge on any atom is 0.257 e. The van der Waals surface area contributed by atoms with E-state index in [0.29, 0.717) is 5.69 Å². The third-order valence-corrected chi connectivity index (χ3v) is 3.36. The zero-order chi connectivity index (χ0) is 19.3. The Hall–Kier alpha value is -2.97. The van der Waals surface area contributed by atoms with E-state index in [2.05, 4.69) is 5.32 Å². The summed E-state index contributed by atoms with van der Waals surface area (Å²) in [5.74, 6) is -13.0. The van der Waals surface area contributed by atoms with Crippen molar-refractivity contribution in [3.05, 3.63) is 65.0 Å². The van der Waals surface area contributed by atoms with E-state index in [1.54, 1.807) is 30.3 Å². The summed E-state index contributed by atoms with van der Waals surface area (Å²) in [4.78, 5) is 23.4. The Bertz CT molecular complexity index is 799. The molecular weight excluding hydrogens is 359 g/mol. The molecule has 0 saturated carbocycles. The van der Waals surface area contributed by atoms with Crippen LogP contribution in [-0.4, -0.2) is 18.4 Å². The fraction of sp³-hybridized carbons (Fsp3) is 0.176. The smallest absolute Gasteiger partial charge is 0.257 e. The molecule has 0 aliphatic carbocycles. The van der Waals surface area contributed by atoms with E-state index in [1.807, 2.05) is 5.32 Å². The van der Waals surface area contributed by atoms with Crippen LogP contribution in [0.5, 0.6) is 0 Å². The second kappa shape index (κ2) is 8.41. The van der Waals surface area contributed by atoms with Crippen LogP contribution in [0.3, 0.4) is 0 Å². The molecule has 0 bridgehead atoms. The highest BCUT2D eigenvalue weighted by molar-refractivity contribution is 5.95. The van der Waals surface area contributed by atoms with Crippen molar-refractivity contribution in [3.63, 3.8) is 0 Å². The normalized spacial score (nSPS) is 10.5. The number of carbonyl (C=O) groups excluding carboxylic acids is 2. The molecule has 2 aromatic rings. The Labute approximate surface area is 145 Å². The van der Waals surface area contributed by atoms with Gasteiger partial charge >= 0.3 is 0 Å². The van der Waals surface area contributed by atoms with E-state index < -0.39 is 40.6 Å². The number of anilines is 1. The molecule has 4 nitrogen and oxygen atoms in total. The molecule has 2 N–H and O–H groups in total. The van der Waals surface area contributed by atoms with Crippen molar-refractivity contribution < 1.29 is 31.5 Å². The molecule has 0 aliphatic heterocycles. The predicted molar refractivity (Wildman–Crippen MR) is 82.9 cm³/mol. The lowest BCUT2D eigenvalue weighted by Crippen LogP contribution is -2.28. The van der Waals surface area contributed by atoms with Gasteiger partial charge in [-0.25, -0.2) is 22.0 Å². The largest absolute Gasteiger partial charge is 0.352 e. The van der Waals surface area contributed by atoms with E-state index in [9.17, 15) is 31.5 Å². The third kappa shape index (κ3) is 4.35. The van der Waals surface area contributed by atoms with Gasteiger partial charge in [0.15, 0.2) is 23.3 Å². The lowest BCUT2D eigenvalue weighted by atomic mass is 10.1. The number of amides is 2. The number of halogens is 5. The molecule has 2 aromatic carbocycles. The minimum absolute atomic E-state index is 0.0215. The standard InChI is InChI=1S/C17H13F5N2O2/c18-12-11(13(19)15(21)16(22)14(12)20)17(26)23-8-4-7-10(25)24-9-5-2-1-3-6-9/h1-3,5-6H,4,7-8H2,(H,23,26)(H,24,25). The van der Waals surface area contributed by atoms with Crippen molar-refractivity contribution in [2.75, 3.05) is 11.9 Å². The molecule has 26 heavy (non-hydrogen) atoms. The van der Waals surface area contributed by atoms with Crippen molar-refractivity contribution in [2.45, 2.75) is 12.8 Å². The SMILES string of the molecule is O=C(CCCNC(=O)c1c(F)c(F)c(F)c(F)c1F)Nc1ccccc1. The minimum Gasteiger partial charge on any atom is -0.352 e. The van der Waals surface area contributed by atoms with Crippen LogP contribution in [0, 0.1) is 29.1 Å². The highest BCUT2D eigenvalue weighted by Crippen LogP contribution is 2.22. The second-order valence-corrected chi connectivity index (χ2v) is 5.22. The van der Waals surface area contributed by atoms with Gasteiger partial charge in [-0.15, -0.1) is 0 Å². The number of carbonyl (C=O) groups is 2. The van der Waals surface area contributed by atoms with E-state index in [1.165, 1.54) is 0 Å². The lowest BCUT2D eigenvalue weighted by molar-refractivity contribution is -0.116. The maximum atomic E-state index is 13.5. The number of nitrogens with one attached hydrogen (secondary N) is 2. The molecule has 2 rings (SSSR count). The Kier molecular flexibility index (Phi) is 6.26. The molecular formula is C17H13F5N2O2. The molecule has 0 spiro atoms. The zero-order valence-corrected chi connectivity index (χ0v) is 13.2. The van der Waals surface area contributed by atoms with Gasteiger partial charge in [0.2, 0.25) is 11.7 Å². The first-order valence-electron chi connectivity index (χ1n) is 7.47.